The summed E-state index contributed by atoms with van der Waals surface area (Å²) < 4.78 is 0. The maximum Gasteiger partial charge on any atom is 0.304 e. The molecule has 1 atom stereocenters. The molecule has 2 nitrogen and oxygen atoms in total. The van der Waals surface area contributed by atoms with Gasteiger partial charge in [-0.15, -0.1) is 0 Å². The van der Waals surface area contributed by atoms with Crippen LogP contribution in [0.5, 0.6) is 0 Å². The quantitative estimate of drug-likeness (QED) is 0.886. The van der Waals surface area contributed by atoms with Crippen molar-refractivity contribution >= 4 is 5.97 Å². The molecule has 0 aliphatic rings. The van der Waals surface area contributed by atoms with Gasteiger partial charge >= 0.3 is 5.97 Å². The zero-order chi connectivity index (χ0) is 13.0. The monoisotopic (exact) mass is 240 g/mol. The van der Waals surface area contributed by atoms with Crippen LogP contribution in [0.15, 0.2) is 54.6 Å². The summed E-state index contributed by atoms with van der Waals surface area (Å²) in [6.45, 7) is 2.02. The van der Waals surface area contributed by atoms with Crippen molar-refractivity contribution in [2.75, 3.05) is 0 Å². The Labute approximate surface area is 107 Å². The van der Waals surface area contributed by atoms with Crippen LogP contribution in [-0.2, 0) is 4.79 Å². The largest absolute Gasteiger partial charge is 0.481 e. The van der Waals surface area contributed by atoms with Gasteiger partial charge in [0.05, 0.1) is 6.42 Å². The fourth-order valence-corrected chi connectivity index (χ4v) is 2.25. The first kappa shape index (κ1) is 12.4. The summed E-state index contributed by atoms with van der Waals surface area (Å²) in [6.07, 6.45) is 0.120. The van der Waals surface area contributed by atoms with Gasteiger partial charge < -0.3 is 5.11 Å². The minimum Gasteiger partial charge on any atom is -0.481 e. The third kappa shape index (κ3) is 2.77. The Bertz CT molecular complexity index is 532. The van der Waals surface area contributed by atoms with Gasteiger partial charge in [-0.05, 0) is 23.6 Å². The van der Waals surface area contributed by atoms with E-state index in [9.17, 15) is 4.79 Å². The molecule has 1 N–H and O–H groups in total. The van der Waals surface area contributed by atoms with Crippen LogP contribution in [0, 0.1) is 6.92 Å². The summed E-state index contributed by atoms with van der Waals surface area (Å²) >= 11 is 0. The molecule has 2 aromatic rings. The lowest BCUT2D eigenvalue weighted by Crippen LogP contribution is -2.09. The predicted octanol–water partition coefficient (Wildman–Crippen LogP) is 3.60. The molecular weight excluding hydrogens is 224 g/mol. The summed E-state index contributed by atoms with van der Waals surface area (Å²) in [7, 11) is 0. The molecule has 0 aromatic heterocycles. The Morgan fingerprint density at radius 1 is 1.06 bits per heavy atom. The molecular formula is C16H16O2. The summed E-state index contributed by atoms with van der Waals surface area (Å²) in [6, 6.07) is 17.8. The number of aliphatic carboxylic acids is 1. The molecule has 0 heterocycles. The van der Waals surface area contributed by atoms with Crippen molar-refractivity contribution in [3.8, 4) is 0 Å². The van der Waals surface area contributed by atoms with Gasteiger partial charge in [0, 0.05) is 5.92 Å². The highest BCUT2D eigenvalue weighted by atomic mass is 16.4. The third-order valence-corrected chi connectivity index (χ3v) is 3.14. The molecule has 0 bridgehead atoms. The van der Waals surface area contributed by atoms with Crippen LogP contribution in [0.4, 0.5) is 0 Å². The molecule has 92 valence electrons. The third-order valence-electron chi connectivity index (χ3n) is 3.14. The Kier molecular flexibility index (Phi) is 3.78. The predicted molar refractivity (Wildman–Crippen MR) is 71.7 cm³/mol. The molecule has 0 unspecified atom stereocenters. The number of aryl methyl sites for hydroxylation is 1. The average molecular weight is 240 g/mol. The zero-order valence-corrected chi connectivity index (χ0v) is 10.3. The van der Waals surface area contributed by atoms with Crippen LogP contribution in [0.1, 0.15) is 29.0 Å². The standard InChI is InChI=1S/C16H16O2/c1-12-7-5-6-10-14(12)15(11-16(17)18)13-8-3-2-4-9-13/h2-10,15H,11H2,1H3,(H,17,18)/t15-/m0/s1. The summed E-state index contributed by atoms with van der Waals surface area (Å²) in [5.41, 5.74) is 3.27. The van der Waals surface area contributed by atoms with E-state index in [0.29, 0.717) is 0 Å². The van der Waals surface area contributed by atoms with Crippen molar-refractivity contribution in [3.05, 3.63) is 71.3 Å². The van der Waals surface area contributed by atoms with E-state index in [1.165, 1.54) is 0 Å². The van der Waals surface area contributed by atoms with E-state index in [-0.39, 0.29) is 12.3 Å². The second-order valence-electron chi connectivity index (χ2n) is 4.42. The lowest BCUT2D eigenvalue weighted by molar-refractivity contribution is -0.137. The smallest absolute Gasteiger partial charge is 0.304 e. The lowest BCUT2D eigenvalue weighted by atomic mass is 9.86. The van der Waals surface area contributed by atoms with Crippen LogP contribution in [0.3, 0.4) is 0 Å². The Morgan fingerprint density at radius 3 is 2.28 bits per heavy atom. The topological polar surface area (TPSA) is 37.3 Å². The maximum atomic E-state index is 11.1. The second-order valence-corrected chi connectivity index (χ2v) is 4.42. The Balaban J connectivity index is 2.44. The average Bonchev–Trinajstić information content (AvgIpc) is 2.38. The van der Waals surface area contributed by atoms with Crippen LogP contribution >= 0.6 is 0 Å². The maximum absolute atomic E-state index is 11.1. The minimum atomic E-state index is -0.771. The number of hydrogen-bond donors (Lipinski definition) is 1. The molecule has 18 heavy (non-hydrogen) atoms. The molecule has 0 aliphatic carbocycles. The lowest BCUT2D eigenvalue weighted by Gasteiger charge is -2.18. The van der Waals surface area contributed by atoms with E-state index < -0.39 is 5.97 Å². The molecule has 2 rings (SSSR count). The number of carboxylic acid groups (broad SMARTS) is 1. The van der Waals surface area contributed by atoms with Crippen molar-refractivity contribution in [2.45, 2.75) is 19.3 Å². The van der Waals surface area contributed by atoms with Crippen molar-refractivity contribution in [3.63, 3.8) is 0 Å². The van der Waals surface area contributed by atoms with Gasteiger partial charge in [0.25, 0.3) is 0 Å². The molecule has 0 saturated carbocycles. The molecule has 0 amide bonds. The highest BCUT2D eigenvalue weighted by Gasteiger charge is 2.18. The second kappa shape index (κ2) is 5.50. The highest BCUT2D eigenvalue weighted by molar-refractivity contribution is 5.69. The molecule has 2 heteroatoms. The Morgan fingerprint density at radius 2 is 1.67 bits per heavy atom. The summed E-state index contributed by atoms with van der Waals surface area (Å²) in [5, 5.41) is 9.10. The van der Waals surface area contributed by atoms with Gasteiger partial charge in [0.15, 0.2) is 0 Å². The van der Waals surface area contributed by atoms with E-state index in [4.69, 9.17) is 5.11 Å². The van der Waals surface area contributed by atoms with Gasteiger partial charge in [-0.1, -0.05) is 54.6 Å². The molecule has 0 radical (unpaired) electrons. The number of hydrogen-bond acceptors (Lipinski definition) is 1. The fraction of sp³-hybridized carbons (Fsp3) is 0.188. The van der Waals surface area contributed by atoms with E-state index in [0.717, 1.165) is 16.7 Å². The zero-order valence-electron chi connectivity index (χ0n) is 10.3. The first-order valence-electron chi connectivity index (χ1n) is 6.00. The number of benzene rings is 2. The summed E-state index contributed by atoms with van der Waals surface area (Å²) in [4.78, 5) is 11.1. The van der Waals surface area contributed by atoms with E-state index >= 15 is 0 Å². The van der Waals surface area contributed by atoms with Gasteiger partial charge in [-0.25, -0.2) is 0 Å². The van der Waals surface area contributed by atoms with E-state index in [1.54, 1.807) is 0 Å². The fourth-order valence-electron chi connectivity index (χ4n) is 2.25. The van der Waals surface area contributed by atoms with Gasteiger partial charge in [0.1, 0.15) is 0 Å². The minimum absolute atomic E-state index is 0.0788. The van der Waals surface area contributed by atoms with Crippen LogP contribution < -0.4 is 0 Å². The van der Waals surface area contributed by atoms with Crippen LogP contribution in [-0.4, -0.2) is 11.1 Å². The van der Waals surface area contributed by atoms with E-state index in [1.807, 2.05) is 61.5 Å². The van der Waals surface area contributed by atoms with Crippen LogP contribution in [0.25, 0.3) is 0 Å². The normalized spacial score (nSPS) is 12.1. The summed E-state index contributed by atoms with van der Waals surface area (Å²) in [5.74, 6) is -0.850. The first-order chi connectivity index (χ1) is 8.68. The van der Waals surface area contributed by atoms with E-state index in [2.05, 4.69) is 0 Å². The van der Waals surface area contributed by atoms with Gasteiger partial charge in [0.2, 0.25) is 0 Å². The number of rotatable bonds is 4. The van der Waals surface area contributed by atoms with Crippen molar-refractivity contribution in [1.82, 2.24) is 0 Å². The molecule has 0 spiro atoms. The SMILES string of the molecule is Cc1ccccc1[C@@H](CC(=O)O)c1ccccc1. The van der Waals surface area contributed by atoms with Crippen LogP contribution in [0.2, 0.25) is 0 Å². The van der Waals surface area contributed by atoms with Crippen molar-refractivity contribution in [1.29, 1.82) is 0 Å². The first-order valence-corrected chi connectivity index (χ1v) is 6.00. The van der Waals surface area contributed by atoms with Gasteiger partial charge in [-0.2, -0.15) is 0 Å². The van der Waals surface area contributed by atoms with Crippen molar-refractivity contribution in [2.24, 2.45) is 0 Å². The van der Waals surface area contributed by atoms with Crippen molar-refractivity contribution < 1.29 is 9.90 Å². The highest BCUT2D eigenvalue weighted by Crippen LogP contribution is 2.29. The molecule has 0 aliphatic heterocycles. The Hall–Kier alpha value is -2.09. The molecule has 2 aromatic carbocycles. The van der Waals surface area contributed by atoms with Gasteiger partial charge in [-0.3, -0.25) is 4.79 Å². The molecule has 0 fully saturated rings. The molecule has 0 saturated heterocycles. The number of carboxylic acids is 1. The number of carbonyl (C=O) groups is 1.